The summed E-state index contributed by atoms with van der Waals surface area (Å²) >= 11 is 0. The number of rotatable bonds is 2. The van der Waals surface area contributed by atoms with E-state index in [-0.39, 0.29) is 0 Å². The topological polar surface area (TPSA) is 0 Å². The summed E-state index contributed by atoms with van der Waals surface area (Å²) in [5.41, 5.74) is 4.21. The van der Waals surface area contributed by atoms with Gasteiger partial charge in [0.05, 0.1) is 0 Å². The first-order valence-electron chi connectivity index (χ1n) is 4.76. The maximum atomic E-state index is 2.29. The van der Waals surface area contributed by atoms with Crippen molar-refractivity contribution < 1.29 is 0 Å². The van der Waals surface area contributed by atoms with Crippen LogP contribution in [0.15, 0.2) is 48.1 Å². The predicted molar refractivity (Wildman–Crippen MR) is 56.7 cm³/mol. The Labute approximate surface area is 79.6 Å². The van der Waals surface area contributed by atoms with Gasteiger partial charge in [-0.3, -0.25) is 0 Å². The Morgan fingerprint density at radius 1 is 1.31 bits per heavy atom. The van der Waals surface area contributed by atoms with Crippen LogP contribution in [-0.2, 0) is 6.42 Å². The van der Waals surface area contributed by atoms with Gasteiger partial charge in [0.15, 0.2) is 0 Å². The van der Waals surface area contributed by atoms with Crippen LogP contribution >= 0.6 is 0 Å². The van der Waals surface area contributed by atoms with Gasteiger partial charge in [0, 0.05) is 0 Å². The van der Waals surface area contributed by atoms with Gasteiger partial charge in [-0.05, 0) is 30.9 Å². The second kappa shape index (κ2) is 3.61. The van der Waals surface area contributed by atoms with E-state index in [0.29, 0.717) is 0 Å². The number of benzene rings is 1. The van der Waals surface area contributed by atoms with E-state index in [9.17, 15) is 0 Å². The van der Waals surface area contributed by atoms with Crippen LogP contribution in [0.1, 0.15) is 17.5 Å². The molecular formula is C13H14. The molecule has 0 bridgehead atoms. The van der Waals surface area contributed by atoms with Crippen LogP contribution in [0, 0.1) is 6.92 Å². The number of hydrogen-bond acceptors (Lipinski definition) is 0. The van der Waals surface area contributed by atoms with Gasteiger partial charge in [0.1, 0.15) is 0 Å². The van der Waals surface area contributed by atoms with Crippen LogP contribution in [0.5, 0.6) is 0 Å². The van der Waals surface area contributed by atoms with E-state index >= 15 is 0 Å². The molecule has 0 unspecified atom stereocenters. The van der Waals surface area contributed by atoms with Crippen molar-refractivity contribution in [1.82, 2.24) is 0 Å². The minimum atomic E-state index is 1.08. The lowest BCUT2D eigenvalue weighted by atomic mass is 10.0. The van der Waals surface area contributed by atoms with Gasteiger partial charge in [-0.2, -0.15) is 0 Å². The van der Waals surface area contributed by atoms with Crippen LogP contribution in [-0.4, -0.2) is 0 Å². The minimum Gasteiger partial charge on any atom is -0.0805 e. The van der Waals surface area contributed by atoms with E-state index in [2.05, 4.69) is 49.4 Å². The Morgan fingerprint density at radius 2 is 2.23 bits per heavy atom. The fourth-order valence-electron chi connectivity index (χ4n) is 1.70. The summed E-state index contributed by atoms with van der Waals surface area (Å²) < 4.78 is 0. The van der Waals surface area contributed by atoms with Crippen LogP contribution in [0.25, 0.3) is 0 Å². The average molecular weight is 170 g/mol. The number of aryl methyl sites for hydroxylation is 1. The van der Waals surface area contributed by atoms with Crippen molar-refractivity contribution >= 4 is 0 Å². The third kappa shape index (κ3) is 2.09. The predicted octanol–water partition coefficient (Wildman–Crippen LogP) is 3.42. The fourth-order valence-corrected chi connectivity index (χ4v) is 1.70. The second-order valence-corrected chi connectivity index (χ2v) is 3.58. The molecule has 0 amide bonds. The third-order valence-electron chi connectivity index (χ3n) is 2.34. The summed E-state index contributed by atoms with van der Waals surface area (Å²) in [5.74, 6) is 0. The van der Waals surface area contributed by atoms with Crippen LogP contribution in [0.3, 0.4) is 0 Å². The zero-order valence-corrected chi connectivity index (χ0v) is 7.96. The molecule has 0 fully saturated rings. The Bertz CT molecular complexity index is 356. The van der Waals surface area contributed by atoms with Crippen molar-refractivity contribution in [3.63, 3.8) is 0 Å². The van der Waals surface area contributed by atoms with Gasteiger partial charge >= 0.3 is 0 Å². The van der Waals surface area contributed by atoms with Crippen LogP contribution < -0.4 is 0 Å². The molecule has 1 aromatic carbocycles. The zero-order valence-electron chi connectivity index (χ0n) is 7.96. The lowest BCUT2D eigenvalue weighted by Gasteiger charge is -2.01. The lowest BCUT2D eigenvalue weighted by Crippen LogP contribution is -1.86. The summed E-state index contributed by atoms with van der Waals surface area (Å²) in [5, 5.41) is 0. The molecule has 0 heterocycles. The molecule has 66 valence electrons. The van der Waals surface area contributed by atoms with Gasteiger partial charge < -0.3 is 0 Å². The molecule has 0 heteroatoms. The normalized spacial score (nSPS) is 14.7. The van der Waals surface area contributed by atoms with E-state index in [0.717, 1.165) is 12.8 Å². The molecule has 1 aliphatic carbocycles. The third-order valence-corrected chi connectivity index (χ3v) is 2.34. The molecule has 0 saturated heterocycles. The standard InChI is InChI=1S/C13H14/c1-11-5-4-8-13(9-11)10-12-6-2-3-7-12/h2,4-9H,3,10H2,1H3. The van der Waals surface area contributed by atoms with Crippen molar-refractivity contribution in [2.24, 2.45) is 0 Å². The first-order chi connectivity index (χ1) is 6.34. The summed E-state index contributed by atoms with van der Waals surface area (Å²) in [6, 6.07) is 8.72. The Hall–Kier alpha value is -1.30. The second-order valence-electron chi connectivity index (χ2n) is 3.58. The monoisotopic (exact) mass is 170 g/mol. The van der Waals surface area contributed by atoms with Gasteiger partial charge in [-0.1, -0.05) is 48.1 Å². The molecule has 0 aromatic heterocycles. The SMILES string of the molecule is Cc1cccc(CC2=CCC=C2)c1. The van der Waals surface area contributed by atoms with Crippen LogP contribution in [0.4, 0.5) is 0 Å². The molecule has 0 saturated carbocycles. The van der Waals surface area contributed by atoms with Crippen molar-refractivity contribution in [1.29, 1.82) is 0 Å². The number of hydrogen-bond donors (Lipinski definition) is 0. The van der Waals surface area contributed by atoms with Gasteiger partial charge in [-0.15, -0.1) is 0 Å². The maximum Gasteiger partial charge on any atom is -0.00288 e. The van der Waals surface area contributed by atoms with Gasteiger partial charge in [0.25, 0.3) is 0 Å². The van der Waals surface area contributed by atoms with E-state index in [1.165, 1.54) is 16.7 Å². The minimum absolute atomic E-state index is 1.08. The fraction of sp³-hybridized carbons (Fsp3) is 0.231. The van der Waals surface area contributed by atoms with Crippen molar-refractivity contribution in [3.05, 3.63) is 59.2 Å². The Morgan fingerprint density at radius 3 is 2.92 bits per heavy atom. The highest BCUT2D eigenvalue weighted by atomic mass is 14.0. The Kier molecular flexibility index (Phi) is 2.31. The lowest BCUT2D eigenvalue weighted by molar-refractivity contribution is 1.19. The van der Waals surface area contributed by atoms with E-state index in [4.69, 9.17) is 0 Å². The Balaban J connectivity index is 2.13. The first kappa shape index (κ1) is 8.31. The smallest absolute Gasteiger partial charge is 0.00288 e. The first-order valence-corrected chi connectivity index (χ1v) is 4.76. The van der Waals surface area contributed by atoms with Crippen molar-refractivity contribution in [2.75, 3.05) is 0 Å². The van der Waals surface area contributed by atoms with E-state index in [1.54, 1.807) is 0 Å². The van der Waals surface area contributed by atoms with Gasteiger partial charge in [0.2, 0.25) is 0 Å². The molecule has 0 N–H and O–H groups in total. The molecule has 0 aliphatic heterocycles. The largest absolute Gasteiger partial charge is 0.0805 e. The maximum absolute atomic E-state index is 2.29. The van der Waals surface area contributed by atoms with Gasteiger partial charge in [-0.25, -0.2) is 0 Å². The van der Waals surface area contributed by atoms with Crippen molar-refractivity contribution in [3.8, 4) is 0 Å². The molecule has 0 atom stereocenters. The molecule has 1 aliphatic rings. The zero-order chi connectivity index (χ0) is 9.10. The quantitative estimate of drug-likeness (QED) is 0.638. The summed E-state index contributed by atoms with van der Waals surface area (Å²) in [7, 11) is 0. The molecular weight excluding hydrogens is 156 g/mol. The van der Waals surface area contributed by atoms with E-state index < -0.39 is 0 Å². The molecule has 1 aromatic rings. The summed E-state index contributed by atoms with van der Waals surface area (Å²) in [4.78, 5) is 0. The van der Waals surface area contributed by atoms with E-state index in [1.807, 2.05) is 0 Å². The summed E-state index contributed by atoms with van der Waals surface area (Å²) in [6.45, 7) is 2.14. The average Bonchev–Trinajstić information content (AvgIpc) is 2.57. The molecule has 13 heavy (non-hydrogen) atoms. The molecule has 0 nitrogen and oxygen atoms in total. The van der Waals surface area contributed by atoms with Crippen molar-refractivity contribution in [2.45, 2.75) is 19.8 Å². The molecule has 0 spiro atoms. The van der Waals surface area contributed by atoms with Crippen LogP contribution in [0.2, 0.25) is 0 Å². The summed E-state index contributed by atoms with van der Waals surface area (Å²) in [6.07, 6.45) is 8.93. The number of allylic oxidation sites excluding steroid dienone is 4. The molecule has 0 radical (unpaired) electrons. The highest BCUT2D eigenvalue weighted by molar-refractivity contribution is 5.33. The molecule has 2 rings (SSSR count). The highest BCUT2D eigenvalue weighted by Gasteiger charge is 1.99. The highest BCUT2D eigenvalue weighted by Crippen LogP contribution is 2.15.